The minimum absolute atomic E-state index is 0.880. The SMILES string of the molecule is Cc1c(-[n+]2ccccc2C)cc2ccccc2c1-c1oc2ccccc2[n+]1C. The Morgan fingerprint density at radius 1 is 0.821 bits per heavy atom. The summed E-state index contributed by atoms with van der Waals surface area (Å²) in [4.78, 5) is 0. The number of aromatic nitrogens is 2. The second-order valence-electron chi connectivity index (χ2n) is 7.26. The summed E-state index contributed by atoms with van der Waals surface area (Å²) in [6.07, 6.45) is 2.12. The lowest BCUT2D eigenvalue weighted by Crippen LogP contribution is -2.35. The van der Waals surface area contributed by atoms with Crippen LogP contribution in [-0.2, 0) is 7.05 Å². The molecule has 0 radical (unpaired) electrons. The Hall–Kier alpha value is -3.46. The number of fused-ring (bicyclic) bond motifs is 2. The lowest BCUT2D eigenvalue weighted by atomic mass is 9.97. The van der Waals surface area contributed by atoms with Crippen LogP contribution < -0.4 is 9.13 Å². The van der Waals surface area contributed by atoms with Gasteiger partial charge < -0.3 is 4.42 Å². The van der Waals surface area contributed by atoms with Gasteiger partial charge in [0, 0.05) is 36.8 Å². The van der Waals surface area contributed by atoms with Crippen molar-refractivity contribution in [2.45, 2.75) is 13.8 Å². The molecule has 0 spiro atoms. The summed E-state index contributed by atoms with van der Waals surface area (Å²) in [5, 5.41) is 2.40. The van der Waals surface area contributed by atoms with Crippen molar-refractivity contribution in [3.63, 3.8) is 0 Å². The molecule has 28 heavy (non-hydrogen) atoms. The molecule has 0 atom stereocenters. The fourth-order valence-electron chi connectivity index (χ4n) is 4.08. The first-order valence-corrected chi connectivity index (χ1v) is 9.53. The lowest BCUT2D eigenvalue weighted by Gasteiger charge is -2.09. The Morgan fingerprint density at radius 3 is 2.39 bits per heavy atom. The van der Waals surface area contributed by atoms with Crippen LogP contribution in [0.1, 0.15) is 11.3 Å². The minimum Gasteiger partial charge on any atom is -0.398 e. The van der Waals surface area contributed by atoms with Gasteiger partial charge in [0.05, 0.1) is 0 Å². The second-order valence-corrected chi connectivity index (χ2v) is 7.26. The molecule has 0 bridgehead atoms. The first-order chi connectivity index (χ1) is 13.6. The van der Waals surface area contributed by atoms with Crippen LogP contribution in [0.5, 0.6) is 0 Å². The van der Waals surface area contributed by atoms with E-state index < -0.39 is 0 Å². The molecule has 3 heteroatoms. The number of hydrogen-bond donors (Lipinski definition) is 0. The highest BCUT2D eigenvalue weighted by atomic mass is 16.4. The Labute approximate surface area is 164 Å². The monoisotopic (exact) mass is 366 g/mol. The Balaban J connectivity index is 1.91. The van der Waals surface area contributed by atoms with Crippen LogP contribution in [0.3, 0.4) is 0 Å². The van der Waals surface area contributed by atoms with Crippen LogP contribution in [0.4, 0.5) is 0 Å². The van der Waals surface area contributed by atoms with Crippen molar-refractivity contribution in [2.75, 3.05) is 0 Å². The molecule has 0 aliphatic carbocycles. The summed E-state index contributed by atoms with van der Waals surface area (Å²) in [6.45, 7) is 4.32. The number of para-hydroxylation sites is 2. The summed E-state index contributed by atoms with van der Waals surface area (Å²) in [5.74, 6) is 0.880. The van der Waals surface area contributed by atoms with Crippen molar-refractivity contribution in [3.8, 4) is 17.1 Å². The summed E-state index contributed by atoms with van der Waals surface area (Å²) < 4.78 is 10.7. The van der Waals surface area contributed by atoms with Crippen molar-refractivity contribution < 1.29 is 13.6 Å². The van der Waals surface area contributed by atoms with Crippen molar-refractivity contribution in [3.05, 3.63) is 90.3 Å². The first-order valence-electron chi connectivity index (χ1n) is 9.53. The van der Waals surface area contributed by atoms with Crippen LogP contribution >= 0.6 is 0 Å². The van der Waals surface area contributed by atoms with Gasteiger partial charge >= 0.3 is 5.89 Å². The van der Waals surface area contributed by atoms with Gasteiger partial charge in [-0.25, -0.2) is 0 Å². The summed E-state index contributed by atoms with van der Waals surface area (Å²) in [5.41, 5.74) is 6.70. The molecule has 5 rings (SSSR count). The van der Waals surface area contributed by atoms with Gasteiger partial charge in [-0.1, -0.05) is 42.5 Å². The number of pyridine rings is 1. The molecule has 2 aromatic heterocycles. The van der Waals surface area contributed by atoms with Gasteiger partial charge in [-0.05, 0) is 23.8 Å². The standard InChI is InChI=1S/C25H22N2O/c1-17-10-8-9-15-27(17)22-16-19-11-4-5-12-20(19)24(18(22)2)25-26(3)21-13-6-7-14-23(21)28-25/h4-16H,1-3H3/q+2. The van der Waals surface area contributed by atoms with Gasteiger partial charge in [-0.3, -0.25) is 0 Å². The molecular weight excluding hydrogens is 344 g/mol. The lowest BCUT2D eigenvalue weighted by molar-refractivity contribution is -0.637. The van der Waals surface area contributed by atoms with E-state index in [1.54, 1.807) is 0 Å². The third-order valence-corrected chi connectivity index (χ3v) is 5.56. The van der Waals surface area contributed by atoms with E-state index in [-0.39, 0.29) is 0 Å². The number of aryl methyl sites for hydroxylation is 2. The molecule has 0 saturated heterocycles. The van der Waals surface area contributed by atoms with E-state index in [0.717, 1.165) is 22.6 Å². The summed E-state index contributed by atoms with van der Waals surface area (Å²) in [6, 6.07) is 25.3. The van der Waals surface area contributed by atoms with Gasteiger partial charge in [0.2, 0.25) is 11.3 Å². The molecule has 0 fully saturated rings. The molecule has 0 N–H and O–H groups in total. The minimum atomic E-state index is 0.880. The maximum absolute atomic E-state index is 6.35. The maximum Gasteiger partial charge on any atom is 0.382 e. The highest BCUT2D eigenvalue weighted by Crippen LogP contribution is 2.34. The van der Waals surface area contributed by atoms with Crippen LogP contribution in [0.15, 0.2) is 83.4 Å². The molecule has 5 aromatic rings. The van der Waals surface area contributed by atoms with E-state index in [9.17, 15) is 0 Å². The Morgan fingerprint density at radius 2 is 1.57 bits per heavy atom. The number of rotatable bonds is 2. The summed E-state index contributed by atoms with van der Waals surface area (Å²) in [7, 11) is 2.07. The molecule has 0 aliphatic heterocycles. The zero-order valence-corrected chi connectivity index (χ0v) is 16.3. The van der Waals surface area contributed by atoms with E-state index in [1.807, 2.05) is 18.2 Å². The predicted molar refractivity (Wildman–Crippen MR) is 111 cm³/mol. The fraction of sp³-hybridized carbons (Fsp3) is 0.120. The van der Waals surface area contributed by atoms with Gasteiger partial charge in [0.25, 0.3) is 5.52 Å². The summed E-state index contributed by atoms with van der Waals surface area (Å²) >= 11 is 0. The highest BCUT2D eigenvalue weighted by Gasteiger charge is 2.28. The van der Waals surface area contributed by atoms with Crippen LogP contribution in [0.25, 0.3) is 39.0 Å². The zero-order valence-electron chi connectivity index (χ0n) is 16.3. The average molecular weight is 366 g/mol. The molecule has 0 unspecified atom stereocenters. The molecule has 136 valence electrons. The normalized spacial score (nSPS) is 11.4. The molecular formula is C25H22N2O+2. The van der Waals surface area contributed by atoms with E-state index in [2.05, 4.69) is 90.8 Å². The maximum atomic E-state index is 6.35. The van der Waals surface area contributed by atoms with Crippen LogP contribution in [0.2, 0.25) is 0 Å². The number of oxazole rings is 1. The van der Waals surface area contributed by atoms with E-state index in [1.165, 1.54) is 27.7 Å². The second kappa shape index (κ2) is 6.31. The highest BCUT2D eigenvalue weighted by molar-refractivity contribution is 5.98. The topological polar surface area (TPSA) is 20.9 Å². The van der Waals surface area contributed by atoms with E-state index >= 15 is 0 Å². The van der Waals surface area contributed by atoms with Crippen molar-refractivity contribution in [1.29, 1.82) is 0 Å². The zero-order chi connectivity index (χ0) is 19.3. The van der Waals surface area contributed by atoms with Gasteiger partial charge in [0.15, 0.2) is 11.9 Å². The predicted octanol–water partition coefficient (Wildman–Crippen LogP) is 4.97. The Bertz CT molecular complexity index is 1350. The van der Waals surface area contributed by atoms with Crippen molar-refractivity contribution >= 4 is 21.9 Å². The number of nitrogens with zero attached hydrogens (tertiary/aromatic N) is 2. The number of hydrogen-bond acceptors (Lipinski definition) is 1. The molecule has 3 aromatic carbocycles. The van der Waals surface area contributed by atoms with Gasteiger partial charge in [0.1, 0.15) is 12.6 Å². The quantitative estimate of drug-likeness (QED) is 0.404. The van der Waals surface area contributed by atoms with Gasteiger partial charge in [-0.2, -0.15) is 9.13 Å². The molecule has 3 nitrogen and oxygen atoms in total. The van der Waals surface area contributed by atoms with Crippen LogP contribution in [0, 0.1) is 13.8 Å². The molecule has 2 heterocycles. The third kappa shape index (κ3) is 2.43. The van der Waals surface area contributed by atoms with Crippen molar-refractivity contribution in [2.24, 2.45) is 7.05 Å². The third-order valence-electron chi connectivity index (χ3n) is 5.56. The fourth-order valence-corrected chi connectivity index (χ4v) is 4.08. The van der Waals surface area contributed by atoms with E-state index in [0.29, 0.717) is 0 Å². The first kappa shape index (κ1) is 16.7. The van der Waals surface area contributed by atoms with E-state index in [4.69, 9.17) is 4.42 Å². The molecule has 0 saturated carbocycles. The largest absolute Gasteiger partial charge is 0.398 e. The average Bonchev–Trinajstić information content (AvgIpc) is 3.05. The smallest absolute Gasteiger partial charge is 0.382 e. The molecule has 0 amide bonds. The van der Waals surface area contributed by atoms with Gasteiger partial charge in [-0.15, -0.1) is 0 Å². The molecule has 0 aliphatic rings. The van der Waals surface area contributed by atoms with Crippen LogP contribution in [-0.4, -0.2) is 0 Å². The number of benzene rings is 3. The Kier molecular flexibility index (Phi) is 3.76. The van der Waals surface area contributed by atoms with Crippen molar-refractivity contribution in [1.82, 2.24) is 0 Å².